The number of rotatable bonds is 3. The maximum Gasteiger partial charge on any atom is 0.271 e. The van der Waals surface area contributed by atoms with Gasteiger partial charge in [-0.2, -0.15) is 0 Å². The van der Waals surface area contributed by atoms with Crippen molar-refractivity contribution in [1.29, 1.82) is 0 Å². The molecule has 2 N–H and O–H groups in total. The zero-order chi connectivity index (χ0) is 13.1. The Balaban J connectivity index is 2.15. The molecule has 1 aromatic rings. The number of benzene rings is 1. The van der Waals surface area contributed by atoms with Gasteiger partial charge in [-0.15, -0.1) is 0 Å². The van der Waals surface area contributed by atoms with Gasteiger partial charge in [0, 0.05) is 25.3 Å². The van der Waals surface area contributed by atoms with E-state index in [1.54, 1.807) is 5.48 Å². The highest BCUT2D eigenvalue weighted by molar-refractivity contribution is 5.98. The van der Waals surface area contributed by atoms with Gasteiger partial charge in [-0.05, 0) is 24.3 Å². The van der Waals surface area contributed by atoms with Gasteiger partial charge >= 0.3 is 0 Å². The zero-order valence-electron chi connectivity index (χ0n) is 10.3. The molecule has 2 rings (SSSR count). The summed E-state index contributed by atoms with van der Waals surface area (Å²) < 4.78 is 5.34. The van der Waals surface area contributed by atoms with Crippen LogP contribution in [0, 0.1) is 0 Å². The number of nitrogens with zero attached hydrogens (tertiary/aromatic N) is 2. The first-order valence-corrected chi connectivity index (χ1v) is 5.54. The first-order chi connectivity index (χ1) is 8.61. The van der Waals surface area contributed by atoms with Crippen LogP contribution < -0.4 is 10.4 Å². The molecule has 0 saturated heterocycles. The average Bonchev–Trinajstić information content (AvgIpc) is 2.87. The predicted molar refractivity (Wildman–Crippen MR) is 67.0 cm³/mol. The maximum atomic E-state index is 11.2. The van der Waals surface area contributed by atoms with Crippen molar-refractivity contribution in [3.8, 4) is 0 Å². The van der Waals surface area contributed by atoms with Gasteiger partial charge in [0.1, 0.15) is 6.61 Å². The minimum Gasteiger partial charge on any atom is -0.475 e. The largest absolute Gasteiger partial charge is 0.475 e. The lowest BCUT2D eigenvalue weighted by Gasteiger charge is -2.12. The summed E-state index contributed by atoms with van der Waals surface area (Å²) >= 11 is 0. The monoisotopic (exact) mass is 249 g/mol. The van der Waals surface area contributed by atoms with Crippen LogP contribution in [0.4, 0.5) is 5.69 Å². The molecule has 96 valence electrons. The fourth-order valence-corrected chi connectivity index (χ4v) is 1.64. The minimum absolute atomic E-state index is 0.150. The molecular formula is C12H15N3O3. The Morgan fingerprint density at radius 3 is 2.67 bits per heavy atom. The van der Waals surface area contributed by atoms with E-state index in [1.807, 2.05) is 43.3 Å². The number of carbonyl (C=O) groups is 1. The highest BCUT2D eigenvalue weighted by Crippen LogP contribution is 2.16. The first-order valence-electron chi connectivity index (χ1n) is 5.54. The molecule has 6 nitrogen and oxygen atoms in total. The molecule has 0 aromatic heterocycles. The van der Waals surface area contributed by atoms with Crippen molar-refractivity contribution >= 4 is 17.5 Å². The van der Waals surface area contributed by atoms with Crippen molar-refractivity contribution in [2.24, 2.45) is 4.99 Å². The molecule has 1 aliphatic heterocycles. The average molecular weight is 249 g/mol. The van der Waals surface area contributed by atoms with E-state index in [-0.39, 0.29) is 6.61 Å². The van der Waals surface area contributed by atoms with Gasteiger partial charge in [-0.3, -0.25) is 10.0 Å². The first kappa shape index (κ1) is 12.4. The molecule has 0 fully saturated rings. The fraction of sp³-hybridized carbons (Fsp3) is 0.333. The summed E-state index contributed by atoms with van der Waals surface area (Å²) in [6, 6.07) is 6.97. The lowest BCUT2D eigenvalue weighted by Crippen LogP contribution is -2.31. The molecule has 0 aliphatic carbocycles. The molecule has 6 heteroatoms. The molecule has 0 spiro atoms. The number of nitrogens with one attached hydrogen (secondary N) is 1. The van der Waals surface area contributed by atoms with Crippen LogP contribution in [0.15, 0.2) is 29.3 Å². The van der Waals surface area contributed by atoms with Gasteiger partial charge in [0.15, 0.2) is 6.04 Å². The molecule has 1 aromatic carbocycles. The highest BCUT2D eigenvalue weighted by atomic mass is 16.5. The molecule has 0 bridgehead atoms. The number of hydrogen-bond acceptors (Lipinski definition) is 5. The molecule has 1 heterocycles. The van der Waals surface area contributed by atoms with Gasteiger partial charge in [-0.25, -0.2) is 10.5 Å². The van der Waals surface area contributed by atoms with E-state index >= 15 is 0 Å². The third-order valence-electron chi connectivity index (χ3n) is 2.69. The fourth-order valence-electron chi connectivity index (χ4n) is 1.64. The van der Waals surface area contributed by atoms with Crippen LogP contribution >= 0.6 is 0 Å². The van der Waals surface area contributed by atoms with E-state index in [4.69, 9.17) is 9.94 Å². The number of aliphatic imine (C=N–C) groups is 1. The number of hydroxylamine groups is 1. The van der Waals surface area contributed by atoms with E-state index in [2.05, 4.69) is 4.99 Å². The van der Waals surface area contributed by atoms with Crippen molar-refractivity contribution in [2.75, 3.05) is 25.6 Å². The topological polar surface area (TPSA) is 74.2 Å². The van der Waals surface area contributed by atoms with Gasteiger partial charge < -0.3 is 9.64 Å². The van der Waals surface area contributed by atoms with Crippen molar-refractivity contribution in [1.82, 2.24) is 5.48 Å². The number of ether oxygens (including phenoxy) is 1. The van der Waals surface area contributed by atoms with Crippen molar-refractivity contribution in [2.45, 2.75) is 6.04 Å². The summed E-state index contributed by atoms with van der Waals surface area (Å²) in [5.74, 6) is -0.135. The number of anilines is 1. The van der Waals surface area contributed by atoms with Crippen LogP contribution in [0.2, 0.25) is 0 Å². The summed E-state index contributed by atoms with van der Waals surface area (Å²) in [5.41, 5.74) is 3.46. The Labute approximate surface area is 105 Å². The van der Waals surface area contributed by atoms with Crippen molar-refractivity contribution in [3.05, 3.63) is 29.8 Å². The van der Waals surface area contributed by atoms with E-state index in [0.717, 1.165) is 11.3 Å². The van der Waals surface area contributed by atoms with Crippen LogP contribution in [-0.2, 0) is 9.53 Å². The number of amides is 1. The molecule has 1 atom stereocenters. The lowest BCUT2D eigenvalue weighted by atomic mass is 10.2. The molecule has 1 aliphatic rings. The molecule has 18 heavy (non-hydrogen) atoms. The predicted octanol–water partition coefficient (Wildman–Crippen LogP) is 0.403. The standard InChI is InChI=1S/C12H15N3O3/c1-15(2)9-5-3-8(4-6-9)12-13-10(7-18-12)11(16)14-17/h3-6,10,17H,7H2,1-2H3,(H,14,16)/t10-/m1/s1. The second-order valence-electron chi connectivity index (χ2n) is 4.18. The van der Waals surface area contributed by atoms with Crippen LogP contribution in [0.3, 0.4) is 0 Å². The van der Waals surface area contributed by atoms with Gasteiger partial charge in [-0.1, -0.05) is 0 Å². The maximum absolute atomic E-state index is 11.2. The van der Waals surface area contributed by atoms with E-state index in [1.165, 1.54) is 0 Å². The van der Waals surface area contributed by atoms with Crippen LogP contribution in [0.5, 0.6) is 0 Å². The third kappa shape index (κ3) is 2.43. The molecule has 0 saturated carbocycles. The summed E-state index contributed by atoms with van der Waals surface area (Å²) in [5, 5.41) is 8.52. The second kappa shape index (κ2) is 5.05. The molecule has 1 amide bonds. The zero-order valence-corrected chi connectivity index (χ0v) is 10.3. The Hall–Kier alpha value is -2.08. The SMILES string of the molecule is CN(C)c1ccc(C2=N[C@@H](C(=O)NO)CO2)cc1. The minimum atomic E-state index is -0.682. The Morgan fingerprint density at radius 1 is 1.44 bits per heavy atom. The highest BCUT2D eigenvalue weighted by Gasteiger charge is 2.26. The molecule has 0 radical (unpaired) electrons. The van der Waals surface area contributed by atoms with E-state index in [9.17, 15) is 4.79 Å². The van der Waals surface area contributed by atoms with E-state index in [0.29, 0.717) is 5.90 Å². The van der Waals surface area contributed by atoms with Crippen molar-refractivity contribution in [3.63, 3.8) is 0 Å². The normalized spacial score (nSPS) is 17.9. The van der Waals surface area contributed by atoms with Gasteiger partial charge in [0.2, 0.25) is 5.90 Å². The van der Waals surface area contributed by atoms with Gasteiger partial charge in [0.25, 0.3) is 5.91 Å². The van der Waals surface area contributed by atoms with Crippen LogP contribution in [0.1, 0.15) is 5.56 Å². The summed E-state index contributed by atoms with van der Waals surface area (Å²) in [6.07, 6.45) is 0. The van der Waals surface area contributed by atoms with E-state index < -0.39 is 11.9 Å². The quantitative estimate of drug-likeness (QED) is 0.601. The smallest absolute Gasteiger partial charge is 0.271 e. The summed E-state index contributed by atoms with van der Waals surface area (Å²) in [7, 11) is 3.92. The summed E-state index contributed by atoms with van der Waals surface area (Å²) in [6.45, 7) is 0.150. The Kier molecular flexibility index (Phi) is 3.47. The molecular weight excluding hydrogens is 234 g/mol. The van der Waals surface area contributed by atoms with Crippen LogP contribution in [0.25, 0.3) is 0 Å². The third-order valence-corrected chi connectivity index (χ3v) is 2.69. The van der Waals surface area contributed by atoms with Crippen molar-refractivity contribution < 1.29 is 14.7 Å². The Morgan fingerprint density at radius 2 is 2.11 bits per heavy atom. The number of hydrogen-bond donors (Lipinski definition) is 2. The number of carbonyl (C=O) groups excluding carboxylic acids is 1. The second-order valence-corrected chi connectivity index (χ2v) is 4.18. The molecule has 0 unspecified atom stereocenters. The van der Waals surface area contributed by atoms with Gasteiger partial charge in [0.05, 0.1) is 0 Å². The Bertz CT molecular complexity index is 468. The lowest BCUT2D eigenvalue weighted by molar-refractivity contribution is -0.130. The van der Waals surface area contributed by atoms with Crippen LogP contribution in [-0.4, -0.2) is 43.8 Å². The summed E-state index contributed by atoms with van der Waals surface area (Å²) in [4.78, 5) is 17.3.